The van der Waals surface area contributed by atoms with E-state index in [2.05, 4.69) is 10.3 Å². The number of halogens is 1. The first-order chi connectivity index (χ1) is 6.24. The maximum absolute atomic E-state index is 10.8. The molecule has 0 unspecified atom stereocenters. The van der Waals surface area contributed by atoms with Gasteiger partial charge in [0.05, 0.1) is 0 Å². The van der Waals surface area contributed by atoms with Gasteiger partial charge in [-0.05, 0) is 24.1 Å². The lowest BCUT2D eigenvalue weighted by molar-refractivity contribution is -0.118. The Morgan fingerprint density at radius 3 is 3.08 bits per heavy atom. The Labute approximate surface area is 82.1 Å². The molecule has 1 heterocycles. The Balaban J connectivity index is 2.54. The minimum Gasteiger partial charge on any atom is -0.351 e. The molecule has 0 fully saturated rings. The average Bonchev–Trinajstić information content (AvgIpc) is 2.16. The Morgan fingerprint density at radius 2 is 2.46 bits per heavy atom. The molecule has 0 atom stereocenters. The van der Waals surface area contributed by atoms with Crippen LogP contribution in [0.15, 0.2) is 18.5 Å². The third-order valence-corrected chi connectivity index (χ3v) is 1.98. The fourth-order valence-corrected chi connectivity index (χ4v) is 1.04. The average molecular weight is 199 g/mol. The number of pyridine rings is 1. The first-order valence-electron chi connectivity index (χ1n) is 3.96. The lowest BCUT2D eigenvalue weighted by Gasteiger charge is -2.05. The van der Waals surface area contributed by atoms with Gasteiger partial charge in [-0.1, -0.05) is 0 Å². The van der Waals surface area contributed by atoms with Gasteiger partial charge in [0.25, 0.3) is 0 Å². The molecular weight excluding hydrogens is 188 g/mol. The third kappa shape index (κ3) is 3.03. The number of aromatic nitrogens is 1. The van der Waals surface area contributed by atoms with Gasteiger partial charge in [0.2, 0.25) is 5.91 Å². The molecule has 0 bridgehead atoms. The molecule has 0 aliphatic carbocycles. The van der Waals surface area contributed by atoms with Gasteiger partial charge in [-0.2, -0.15) is 0 Å². The molecule has 0 aliphatic rings. The molecule has 3 nitrogen and oxygen atoms in total. The number of rotatable bonds is 3. The first kappa shape index (κ1) is 9.99. The predicted molar refractivity (Wildman–Crippen MR) is 51.5 cm³/mol. The fraction of sp³-hybridized carbons (Fsp3) is 0.333. The molecule has 1 rings (SSSR count). The van der Waals surface area contributed by atoms with Gasteiger partial charge < -0.3 is 5.32 Å². The summed E-state index contributed by atoms with van der Waals surface area (Å²) >= 11 is 5.33. The van der Waals surface area contributed by atoms with Crippen molar-refractivity contribution in [3.8, 4) is 0 Å². The van der Waals surface area contributed by atoms with E-state index in [4.69, 9.17) is 11.6 Å². The second kappa shape index (κ2) is 4.82. The SMILES string of the molecule is Cc1cnccc1CNC(=O)CCl. The van der Waals surface area contributed by atoms with Gasteiger partial charge in [0.1, 0.15) is 5.88 Å². The van der Waals surface area contributed by atoms with Crippen LogP contribution < -0.4 is 5.32 Å². The van der Waals surface area contributed by atoms with E-state index in [-0.39, 0.29) is 11.8 Å². The van der Waals surface area contributed by atoms with E-state index in [1.165, 1.54) is 0 Å². The molecule has 0 spiro atoms. The van der Waals surface area contributed by atoms with Crippen LogP contribution in [-0.2, 0) is 11.3 Å². The quantitative estimate of drug-likeness (QED) is 0.743. The van der Waals surface area contributed by atoms with E-state index in [0.717, 1.165) is 11.1 Å². The minimum atomic E-state index is -0.155. The molecule has 1 amide bonds. The minimum absolute atomic E-state index is 0.00410. The van der Waals surface area contributed by atoms with Crippen LogP contribution in [-0.4, -0.2) is 16.8 Å². The van der Waals surface area contributed by atoms with Gasteiger partial charge >= 0.3 is 0 Å². The highest BCUT2D eigenvalue weighted by atomic mass is 35.5. The summed E-state index contributed by atoms with van der Waals surface area (Å²) in [5.74, 6) is -0.151. The van der Waals surface area contributed by atoms with E-state index >= 15 is 0 Å². The molecule has 1 aromatic rings. The third-order valence-electron chi connectivity index (χ3n) is 1.73. The van der Waals surface area contributed by atoms with Gasteiger partial charge in [-0.15, -0.1) is 11.6 Å². The van der Waals surface area contributed by atoms with Crippen LogP contribution >= 0.6 is 11.6 Å². The largest absolute Gasteiger partial charge is 0.351 e. The molecule has 0 aliphatic heterocycles. The van der Waals surface area contributed by atoms with Crippen LogP contribution in [0.25, 0.3) is 0 Å². The number of carbonyl (C=O) groups is 1. The summed E-state index contributed by atoms with van der Waals surface area (Å²) in [7, 11) is 0. The Hall–Kier alpha value is -1.09. The summed E-state index contributed by atoms with van der Waals surface area (Å²) in [6.45, 7) is 2.47. The number of carbonyl (C=O) groups excluding carboxylic acids is 1. The maximum Gasteiger partial charge on any atom is 0.235 e. The number of aryl methyl sites for hydroxylation is 1. The zero-order chi connectivity index (χ0) is 9.68. The summed E-state index contributed by atoms with van der Waals surface area (Å²) in [5, 5.41) is 2.69. The highest BCUT2D eigenvalue weighted by molar-refractivity contribution is 6.27. The Bertz CT molecular complexity index is 301. The van der Waals surface area contributed by atoms with Crippen LogP contribution in [0.3, 0.4) is 0 Å². The normalized spacial score (nSPS) is 9.69. The van der Waals surface area contributed by atoms with E-state index in [1.54, 1.807) is 12.4 Å². The Morgan fingerprint density at radius 1 is 1.69 bits per heavy atom. The predicted octanol–water partition coefficient (Wildman–Crippen LogP) is 1.25. The number of hydrogen-bond donors (Lipinski definition) is 1. The molecule has 70 valence electrons. The summed E-state index contributed by atoms with van der Waals surface area (Å²) in [4.78, 5) is 14.8. The van der Waals surface area contributed by atoms with E-state index in [1.807, 2.05) is 13.0 Å². The van der Waals surface area contributed by atoms with Crippen molar-refractivity contribution in [2.45, 2.75) is 13.5 Å². The van der Waals surface area contributed by atoms with Crippen molar-refractivity contribution in [3.63, 3.8) is 0 Å². The molecule has 0 radical (unpaired) electrons. The molecule has 0 saturated carbocycles. The summed E-state index contributed by atoms with van der Waals surface area (Å²) in [5.41, 5.74) is 2.13. The van der Waals surface area contributed by atoms with Crippen molar-refractivity contribution in [1.82, 2.24) is 10.3 Å². The van der Waals surface area contributed by atoms with Crippen LogP contribution in [0.1, 0.15) is 11.1 Å². The van der Waals surface area contributed by atoms with Crippen molar-refractivity contribution in [2.75, 3.05) is 5.88 Å². The highest BCUT2D eigenvalue weighted by Crippen LogP contribution is 2.03. The second-order valence-corrected chi connectivity index (χ2v) is 2.98. The molecule has 1 aromatic heterocycles. The smallest absolute Gasteiger partial charge is 0.235 e. The lowest BCUT2D eigenvalue weighted by atomic mass is 10.1. The number of hydrogen-bond acceptors (Lipinski definition) is 2. The molecule has 13 heavy (non-hydrogen) atoms. The fourth-order valence-electron chi connectivity index (χ4n) is 0.942. The van der Waals surface area contributed by atoms with E-state index in [9.17, 15) is 4.79 Å². The van der Waals surface area contributed by atoms with Crippen LogP contribution in [0.5, 0.6) is 0 Å². The van der Waals surface area contributed by atoms with Crippen molar-refractivity contribution in [3.05, 3.63) is 29.6 Å². The Kier molecular flexibility index (Phi) is 3.71. The summed E-state index contributed by atoms with van der Waals surface area (Å²) in [6.07, 6.45) is 3.47. The number of nitrogens with zero attached hydrogens (tertiary/aromatic N) is 1. The zero-order valence-electron chi connectivity index (χ0n) is 7.38. The molecule has 1 N–H and O–H groups in total. The number of nitrogens with one attached hydrogen (secondary N) is 1. The monoisotopic (exact) mass is 198 g/mol. The molecule has 0 saturated heterocycles. The second-order valence-electron chi connectivity index (χ2n) is 2.71. The van der Waals surface area contributed by atoms with Crippen molar-refractivity contribution < 1.29 is 4.79 Å². The molecular formula is C9H11ClN2O. The first-order valence-corrected chi connectivity index (χ1v) is 4.49. The molecule has 0 aromatic carbocycles. The van der Waals surface area contributed by atoms with Crippen LogP contribution in [0.2, 0.25) is 0 Å². The van der Waals surface area contributed by atoms with Crippen LogP contribution in [0, 0.1) is 6.92 Å². The maximum atomic E-state index is 10.8. The number of amides is 1. The zero-order valence-corrected chi connectivity index (χ0v) is 8.14. The summed E-state index contributed by atoms with van der Waals surface area (Å²) < 4.78 is 0. The van der Waals surface area contributed by atoms with E-state index < -0.39 is 0 Å². The van der Waals surface area contributed by atoms with Crippen molar-refractivity contribution in [1.29, 1.82) is 0 Å². The lowest BCUT2D eigenvalue weighted by Crippen LogP contribution is -2.24. The van der Waals surface area contributed by atoms with Gasteiger partial charge in [0.15, 0.2) is 0 Å². The van der Waals surface area contributed by atoms with Gasteiger partial charge in [-0.25, -0.2) is 0 Å². The molecule has 4 heteroatoms. The number of alkyl halides is 1. The van der Waals surface area contributed by atoms with Crippen molar-refractivity contribution >= 4 is 17.5 Å². The highest BCUT2D eigenvalue weighted by Gasteiger charge is 2.00. The topological polar surface area (TPSA) is 42.0 Å². The van der Waals surface area contributed by atoms with E-state index in [0.29, 0.717) is 6.54 Å². The van der Waals surface area contributed by atoms with Crippen molar-refractivity contribution in [2.24, 2.45) is 0 Å². The van der Waals surface area contributed by atoms with Gasteiger partial charge in [0, 0.05) is 18.9 Å². The summed E-state index contributed by atoms with van der Waals surface area (Å²) in [6, 6.07) is 1.88. The van der Waals surface area contributed by atoms with Gasteiger partial charge in [-0.3, -0.25) is 9.78 Å². The van der Waals surface area contributed by atoms with Crippen LogP contribution in [0.4, 0.5) is 0 Å². The standard InChI is InChI=1S/C9H11ClN2O/c1-7-5-11-3-2-8(7)6-12-9(13)4-10/h2-3,5H,4,6H2,1H3,(H,12,13).